The van der Waals surface area contributed by atoms with E-state index in [1.807, 2.05) is 0 Å². The van der Waals surface area contributed by atoms with E-state index in [2.05, 4.69) is 15.1 Å². The third kappa shape index (κ3) is 4.37. The molecule has 4 N–H and O–H groups in total. The minimum absolute atomic E-state index is 0.0693. The van der Waals surface area contributed by atoms with Gasteiger partial charge in [0.15, 0.2) is 0 Å². The zero-order chi connectivity index (χ0) is 14.6. The van der Waals surface area contributed by atoms with E-state index in [0.717, 1.165) is 0 Å². The Morgan fingerprint density at radius 3 is 2.70 bits per heavy atom. The Kier molecular flexibility index (Phi) is 4.01. The summed E-state index contributed by atoms with van der Waals surface area (Å²) in [5.74, 6) is -0.276. The monoisotopic (exact) mass is 295 g/mol. The number of benzene rings is 1. The fourth-order valence-electron chi connectivity index (χ4n) is 1.57. The molecule has 1 heterocycles. The zero-order valence-electron chi connectivity index (χ0n) is 10.4. The molecule has 1 aromatic carbocycles. The molecule has 0 aliphatic rings. The van der Waals surface area contributed by atoms with E-state index in [9.17, 15) is 13.2 Å². The van der Waals surface area contributed by atoms with Crippen LogP contribution in [0.5, 0.6) is 0 Å². The smallest absolute Gasteiger partial charge is 0.296 e. The van der Waals surface area contributed by atoms with Crippen LogP contribution in [0.1, 0.15) is 0 Å². The van der Waals surface area contributed by atoms with Crippen LogP contribution in [0, 0.1) is 0 Å². The molecule has 0 saturated heterocycles. The molecular formula is C11H13N5O3S. The number of amides is 1. The number of nitrogens with two attached hydrogens (primary N) is 1. The van der Waals surface area contributed by atoms with Crippen molar-refractivity contribution in [2.45, 2.75) is 6.54 Å². The number of anilines is 2. The maximum atomic E-state index is 11.7. The summed E-state index contributed by atoms with van der Waals surface area (Å²) in [6.07, 6.45) is 3.24. The standard InChI is InChI=1S/C11H13N5O3S/c12-20(18,19)15-10-4-1-3-9(7-10)14-11(17)8-16-6-2-5-13-16/h1-7,15H,8H2,(H,14,17)(H2,12,18,19). The van der Waals surface area contributed by atoms with Crippen LogP contribution in [-0.4, -0.2) is 24.1 Å². The summed E-state index contributed by atoms with van der Waals surface area (Å²) in [6, 6.07) is 7.93. The SMILES string of the molecule is NS(=O)(=O)Nc1cccc(NC(=O)Cn2cccn2)c1. The van der Waals surface area contributed by atoms with E-state index in [1.54, 1.807) is 30.6 Å². The summed E-state index contributed by atoms with van der Waals surface area (Å²) in [5.41, 5.74) is 0.722. The van der Waals surface area contributed by atoms with Gasteiger partial charge in [0.2, 0.25) is 5.91 Å². The molecule has 0 bridgehead atoms. The van der Waals surface area contributed by atoms with Crippen LogP contribution in [0.2, 0.25) is 0 Å². The Hall–Kier alpha value is -2.39. The van der Waals surface area contributed by atoms with Gasteiger partial charge in [-0.2, -0.15) is 13.5 Å². The van der Waals surface area contributed by atoms with Gasteiger partial charge in [-0.15, -0.1) is 0 Å². The fraction of sp³-hybridized carbons (Fsp3) is 0.0909. The van der Waals surface area contributed by atoms with Gasteiger partial charge in [-0.1, -0.05) is 6.07 Å². The molecule has 20 heavy (non-hydrogen) atoms. The largest absolute Gasteiger partial charge is 0.324 e. The van der Waals surface area contributed by atoms with Crippen molar-refractivity contribution in [3.8, 4) is 0 Å². The van der Waals surface area contributed by atoms with Crippen LogP contribution in [0.4, 0.5) is 11.4 Å². The second-order valence-electron chi connectivity index (χ2n) is 3.98. The molecule has 0 radical (unpaired) electrons. The molecule has 0 spiro atoms. The number of carbonyl (C=O) groups excluding carboxylic acids is 1. The second kappa shape index (κ2) is 5.72. The summed E-state index contributed by atoms with van der Waals surface area (Å²) in [5, 5.41) is 11.4. The molecule has 0 aliphatic carbocycles. The van der Waals surface area contributed by atoms with Gasteiger partial charge >= 0.3 is 0 Å². The molecular weight excluding hydrogens is 282 g/mol. The van der Waals surface area contributed by atoms with Crippen LogP contribution in [0.3, 0.4) is 0 Å². The predicted molar refractivity (Wildman–Crippen MR) is 74.0 cm³/mol. The molecule has 0 fully saturated rings. The van der Waals surface area contributed by atoms with Gasteiger partial charge in [0.25, 0.3) is 10.2 Å². The second-order valence-corrected chi connectivity index (χ2v) is 5.27. The normalized spacial score (nSPS) is 11.1. The van der Waals surface area contributed by atoms with Crippen LogP contribution in [-0.2, 0) is 21.5 Å². The first-order chi connectivity index (χ1) is 9.42. The molecule has 2 aromatic rings. The Bertz CT molecular complexity index is 697. The molecule has 106 valence electrons. The highest BCUT2D eigenvalue weighted by Crippen LogP contribution is 2.15. The van der Waals surface area contributed by atoms with E-state index in [1.165, 1.54) is 16.8 Å². The average molecular weight is 295 g/mol. The number of aromatic nitrogens is 2. The first-order valence-electron chi connectivity index (χ1n) is 5.60. The first-order valence-corrected chi connectivity index (χ1v) is 7.15. The summed E-state index contributed by atoms with van der Waals surface area (Å²) in [6.45, 7) is 0.0693. The lowest BCUT2D eigenvalue weighted by Gasteiger charge is -2.08. The Balaban J connectivity index is 2.02. The average Bonchev–Trinajstić information content (AvgIpc) is 2.79. The fourth-order valence-corrected chi connectivity index (χ4v) is 2.02. The van der Waals surface area contributed by atoms with Crippen molar-refractivity contribution in [2.75, 3.05) is 10.0 Å². The number of nitrogens with one attached hydrogen (secondary N) is 2. The van der Waals surface area contributed by atoms with Gasteiger partial charge in [0.1, 0.15) is 6.54 Å². The van der Waals surface area contributed by atoms with E-state index >= 15 is 0 Å². The van der Waals surface area contributed by atoms with Gasteiger partial charge < -0.3 is 5.32 Å². The molecule has 0 aliphatic heterocycles. The minimum atomic E-state index is -3.84. The van der Waals surface area contributed by atoms with Crippen molar-refractivity contribution >= 4 is 27.5 Å². The number of nitrogens with zero attached hydrogens (tertiary/aromatic N) is 2. The van der Waals surface area contributed by atoms with Crippen molar-refractivity contribution < 1.29 is 13.2 Å². The lowest BCUT2D eigenvalue weighted by Crippen LogP contribution is -2.22. The van der Waals surface area contributed by atoms with Crippen molar-refractivity contribution in [1.82, 2.24) is 9.78 Å². The first kappa shape index (κ1) is 14.0. The lowest BCUT2D eigenvalue weighted by molar-refractivity contribution is -0.116. The van der Waals surface area contributed by atoms with Gasteiger partial charge in [-0.25, -0.2) is 5.14 Å². The van der Waals surface area contributed by atoms with Crippen molar-refractivity contribution in [2.24, 2.45) is 5.14 Å². The topological polar surface area (TPSA) is 119 Å². The number of carbonyl (C=O) groups is 1. The van der Waals surface area contributed by atoms with Gasteiger partial charge in [0.05, 0.1) is 5.69 Å². The zero-order valence-corrected chi connectivity index (χ0v) is 11.2. The summed E-state index contributed by atoms with van der Waals surface area (Å²) < 4.78 is 25.4. The number of hydrogen-bond donors (Lipinski definition) is 3. The highest BCUT2D eigenvalue weighted by molar-refractivity contribution is 7.90. The highest BCUT2D eigenvalue weighted by atomic mass is 32.2. The lowest BCUT2D eigenvalue weighted by atomic mass is 10.3. The number of hydrogen-bond acceptors (Lipinski definition) is 4. The van der Waals surface area contributed by atoms with E-state index in [0.29, 0.717) is 5.69 Å². The van der Waals surface area contributed by atoms with Crippen LogP contribution < -0.4 is 15.2 Å². The molecule has 0 saturated carbocycles. The Labute approximate surface area is 115 Å². The van der Waals surface area contributed by atoms with Crippen LogP contribution >= 0.6 is 0 Å². The van der Waals surface area contributed by atoms with Gasteiger partial charge in [0, 0.05) is 18.1 Å². The van der Waals surface area contributed by atoms with Gasteiger partial charge in [-0.3, -0.25) is 14.2 Å². The summed E-state index contributed by atoms with van der Waals surface area (Å²) >= 11 is 0. The van der Waals surface area contributed by atoms with E-state index in [-0.39, 0.29) is 18.1 Å². The minimum Gasteiger partial charge on any atom is -0.324 e. The molecule has 0 unspecified atom stereocenters. The molecule has 0 atom stereocenters. The van der Waals surface area contributed by atoms with E-state index in [4.69, 9.17) is 5.14 Å². The maximum Gasteiger partial charge on any atom is 0.296 e. The van der Waals surface area contributed by atoms with Crippen LogP contribution in [0.25, 0.3) is 0 Å². The Morgan fingerprint density at radius 2 is 2.05 bits per heavy atom. The van der Waals surface area contributed by atoms with Crippen molar-refractivity contribution in [3.63, 3.8) is 0 Å². The molecule has 2 rings (SSSR count). The summed E-state index contributed by atoms with van der Waals surface area (Å²) in [7, 11) is -3.84. The van der Waals surface area contributed by atoms with Crippen molar-refractivity contribution in [3.05, 3.63) is 42.7 Å². The Morgan fingerprint density at radius 1 is 1.30 bits per heavy atom. The van der Waals surface area contributed by atoms with E-state index < -0.39 is 10.2 Å². The molecule has 1 aromatic heterocycles. The third-order valence-electron chi connectivity index (χ3n) is 2.27. The molecule has 8 nitrogen and oxygen atoms in total. The van der Waals surface area contributed by atoms with Gasteiger partial charge in [-0.05, 0) is 24.3 Å². The number of rotatable bonds is 5. The molecule has 9 heteroatoms. The molecule has 1 amide bonds. The quantitative estimate of drug-likeness (QED) is 0.726. The predicted octanol–water partition coefficient (Wildman–Crippen LogP) is 0.137. The highest BCUT2D eigenvalue weighted by Gasteiger charge is 2.06. The summed E-state index contributed by atoms with van der Waals surface area (Å²) in [4.78, 5) is 11.7. The van der Waals surface area contributed by atoms with Crippen LogP contribution in [0.15, 0.2) is 42.7 Å². The third-order valence-corrected chi connectivity index (χ3v) is 2.79. The maximum absolute atomic E-state index is 11.7. The van der Waals surface area contributed by atoms with Crippen molar-refractivity contribution in [1.29, 1.82) is 0 Å².